The van der Waals surface area contributed by atoms with Crippen LogP contribution in [0.1, 0.15) is 27.2 Å². The highest BCUT2D eigenvalue weighted by atomic mass is 16.5. The van der Waals surface area contributed by atoms with Gasteiger partial charge in [0.15, 0.2) is 5.65 Å². The molecule has 3 aromatic rings. The molecule has 0 aliphatic heterocycles. The van der Waals surface area contributed by atoms with E-state index in [0.29, 0.717) is 23.6 Å². The summed E-state index contributed by atoms with van der Waals surface area (Å²) in [6.45, 7) is 5.76. The number of rotatable bonds is 7. The van der Waals surface area contributed by atoms with Gasteiger partial charge < -0.3 is 20.7 Å². The van der Waals surface area contributed by atoms with Crippen molar-refractivity contribution >= 4 is 34.6 Å². The first-order valence-corrected chi connectivity index (χ1v) is 8.91. The minimum absolute atomic E-state index is 0.0574. The summed E-state index contributed by atoms with van der Waals surface area (Å²) in [6, 6.07) is 9.54. The maximum atomic E-state index is 11.8. The van der Waals surface area contributed by atoms with Crippen LogP contribution in [-0.4, -0.2) is 33.7 Å². The summed E-state index contributed by atoms with van der Waals surface area (Å²) in [5.74, 6) is 2.00. The lowest BCUT2D eigenvalue weighted by atomic mass is 10.3. The first-order valence-electron chi connectivity index (χ1n) is 8.91. The molecule has 142 valence electrons. The molecular weight excluding hydrogens is 344 g/mol. The van der Waals surface area contributed by atoms with Gasteiger partial charge in [0, 0.05) is 19.5 Å². The molecule has 27 heavy (non-hydrogen) atoms. The molecule has 3 N–H and O–H groups in total. The highest BCUT2D eigenvalue weighted by Crippen LogP contribution is 2.29. The van der Waals surface area contributed by atoms with Crippen LogP contribution in [0.25, 0.3) is 5.65 Å². The lowest BCUT2D eigenvalue weighted by molar-refractivity contribution is -0.115. The molecule has 1 amide bonds. The van der Waals surface area contributed by atoms with E-state index in [1.54, 1.807) is 24.7 Å². The molecule has 0 unspecified atom stereocenters. The minimum Gasteiger partial charge on any atom is -0.489 e. The summed E-state index contributed by atoms with van der Waals surface area (Å²) in [6.07, 6.45) is 2.03. The fourth-order valence-electron chi connectivity index (χ4n) is 2.60. The van der Waals surface area contributed by atoms with Crippen molar-refractivity contribution in [1.29, 1.82) is 0 Å². The van der Waals surface area contributed by atoms with Crippen LogP contribution in [-0.2, 0) is 4.79 Å². The van der Waals surface area contributed by atoms with Crippen LogP contribution in [0.3, 0.4) is 0 Å². The Kier molecular flexibility index (Phi) is 5.44. The van der Waals surface area contributed by atoms with Gasteiger partial charge in [0.1, 0.15) is 23.1 Å². The molecule has 0 bridgehead atoms. The molecule has 8 nitrogen and oxygen atoms in total. The number of para-hydroxylation sites is 2. The molecule has 2 aromatic heterocycles. The van der Waals surface area contributed by atoms with Gasteiger partial charge >= 0.3 is 0 Å². The van der Waals surface area contributed by atoms with Crippen LogP contribution in [0.15, 0.2) is 36.5 Å². The lowest BCUT2D eigenvalue weighted by Gasteiger charge is -2.16. The molecule has 0 aliphatic carbocycles. The number of carbonyl (C=O) groups excluding carboxylic acids is 1. The number of nitrogens with one attached hydrogen (secondary N) is 3. The summed E-state index contributed by atoms with van der Waals surface area (Å²) < 4.78 is 7.50. The smallest absolute Gasteiger partial charge is 0.224 e. The van der Waals surface area contributed by atoms with Crippen molar-refractivity contribution in [2.24, 2.45) is 0 Å². The van der Waals surface area contributed by atoms with Crippen molar-refractivity contribution in [3.8, 4) is 5.75 Å². The van der Waals surface area contributed by atoms with Gasteiger partial charge in [-0.2, -0.15) is 9.61 Å². The summed E-state index contributed by atoms with van der Waals surface area (Å²) in [5.41, 5.74) is 1.92. The molecule has 0 spiro atoms. The van der Waals surface area contributed by atoms with Gasteiger partial charge in [-0.05, 0) is 26.0 Å². The average Bonchev–Trinajstić information content (AvgIpc) is 3.05. The van der Waals surface area contributed by atoms with Crippen molar-refractivity contribution in [2.45, 2.75) is 33.3 Å². The van der Waals surface area contributed by atoms with Crippen LogP contribution in [0.5, 0.6) is 5.75 Å². The fraction of sp³-hybridized carbons (Fsp3) is 0.316. The van der Waals surface area contributed by atoms with Crippen molar-refractivity contribution in [3.63, 3.8) is 0 Å². The third kappa shape index (κ3) is 4.11. The fourth-order valence-corrected chi connectivity index (χ4v) is 2.60. The Balaban J connectivity index is 2.00. The SMILES string of the molecule is CCC(=O)Nc1cnn2c(NC)cc(Nc3ccccc3OC(C)C)nc12. The molecule has 0 fully saturated rings. The summed E-state index contributed by atoms with van der Waals surface area (Å²) >= 11 is 0. The zero-order valence-corrected chi connectivity index (χ0v) is 15.9. The number of nitrogens with zero attached hydrogens (tertiary/aromatic N) is 3. The average molecular weight is 368 g/mol. The molecule has 2 heterocycles. The molecule has 0 aliphatic rings. The van der Waals surface area contributed by atoms with Crippen LogP contribution < -0.4 is 20.7 Å². The van der Waals surface area contributed by atoms with E-state index in [9.17, 15) is 4.79 Å². The van der Waals surface area contributed by atoms with E-state index in [1.807, 2.05) is 44.2 Å². The Morgan fingerprint density at radius 2 is 2.04 bits per heavy atom. The highest BCUT2D eigenvalue weighted by molar-refractivity contribution is 5.94. The largest absolute Gasteiger partial charge is 0.489 e. The van der Waals surface area contributed by atoms with Crippen LogP contribution in [0.2, 0.25) is 0 Å². The summed E-state index contributed by atoms with van der Waals surface area (Å²) in [7, 11) is 1.81. The zero-order valence-electron chi connectivity index (χ0n) is 15.9. The number of benzene rings is 1. The molecular formula is C19H24N6O2. The zero-order chi connectivity index (χ0) is 19.4. The van der Waals surface area contributed by atoms with E-state index in [4.69, 9.17) is 4.74 Å². The first kappa shape index (κ1) is 18.5. The Morgan fingerprint density at radius 1 is 1.26 bits per heavy atom. The topological polar surface area (TPSA) is 92.6 Å². The van der Waals surface area contributed by atoms with Crippen molar-refractivity contribution in [3.05, 3.63) is 36.5 Å². The number of carbonyl (C=O) groups is 1. The van der Waals surface area contributed by atoms with Crippen molar-refractivity contribution in [1.82, 2.24) is 14.6 Å². The van der Waals surface area contributed by atoms with Crippen molar-refractivity contribution < 1.29 is 9.53 Å². The molecule has 0 saturated heterocycles. The molecule has 1 aromatic carbocycles. The molecule has 8 heteroatoms. The van der Waals surface area contributed by atoms with E-state index >= 15 is 0 Å². The Labute approximate surface area is 157 Å². The highest BCUT2D eigenvalue weighted by Gasteiger charge is 2.14. The second-order valence-electron chi connectivity index (χ2n) is 6.26. The van der Waals surface area contributed by atoms with E-state index in [2.05, 4.69) is 26.0 Å². The Bertz CT molecular complexity index is 951. The molecule has 0 saturated carbocycles. The number of ether oxygens (including phenoxy) is 1. The normalized spacial score (nSPS) is 10.9. The number of hydrogen-bond acceptors (Lipinski definition) is 6. The van der Waals surface area contributed by atoms with E-state index in [1.165, 1.54) is 0 Å². The van der Waals surface area contributed by atoms with Gasteiger partial charge in [0.05, 0.1) is 18.0 Å². The molecule has 3 rings (SSSR count). The third-order valence-corrected chi connectivity index (χ3v) is 3.84. The monoisotopic (exact) mass is 368 g/mol. The van der Waals surface area contributed by atoms with E-state index in [-0.39, 0.29) is 12.0 Å². The maximum Gasteiger partial charge on any atom is 0.224 e. The van der Waals surface area contributed by atoms with Gasteiger partial charge in [-0.1, -0.05) is 19.1 Å². The summed E-state index contributed by atoms with van der Waals surface area (Å²) in [5, 5.41) is 13.5. The predicted molar refractivity (Wildman–Crippen MR) is 107 cm³/mol. The maximum absolute atomic E-state index is 11.8. The van der Waals surface area contributed by atoms with Gasteiger partial charge in [0.2, 0.25) is 5.91 Å². The Morgan fingerprint density at radius 3 is 2.74 bits per heavy atom. The van der Waals surface area contributed by atoms with Crippen LogP contribution in [0.4, 0.5) is 23.0 Å². The Hall–Kier alpha value is -3.29. The van der Waals surface area contributed by atoms with Gasteiger partial charge in [-0.15, -0.1) is 0 Å². The summed E-state index contributed by atoms with van der Waals surface area (Å²) in [4.78, 5) is 16.4. The number of aromatic nitrogens is 3. The predicted octanol–water partition coefficient (Wildman–Crippen LogP) is 3.65. The second-order valence-corrected chi connectivity index (χ2v) is 6.26. The standard InChI is InChI=1S/C19H24N6O2/c1-5-18(26)23-14-11-21-25-17(20-4)10-16(24-19(14)25)22-13-8-6-7-9-15(13)27-12(2)3/h6-12,20H,5H2,1-4H3,(H,22,24)(H,23,26). The minimum atomic E-state index is -0.0910. The third-order valence-electron chi connectivity index (χ3n) is 3.84. The molecule has 0 radical (unpaired) electrons. The van der Waals surface area contributed by atoms with E-state index in [0.717, 1.165) is 17.3 Å². The van der Waals surface area contributed by atoms with Crippen molar-refractivity contribution in [2.75, 3.05) is 23.0 Å². The van der Waals surface area contributed by atoms with Gasteiger partial charge in [0.25, 0.3) is 0 Å². The van der Waals surface area contributed by atoms with Crippen LogP contribution >= 0.6 is 0 Å². The number of hydrogen-bond donors (Lipinski definition) is 3. The quantitative estimate of drug-likeness (QED) is 0.589. The number of amides is 1. The first-order chi connectivity index (χ1) is 13.0. The number of fused-ring (bicyclic) bond motifs is 1. The van der Waals surface area contributed by atoms with E-state index < -0.39 is 0 Å². The van der Waals surface area contributed by atoms with Gasteiger partial charge in [-0.25, -0.2) is 4.98 Å². The second kappa shape index (κ2) is 7.94. The molecule has 0 atom stereocenters. The van der Waals surface area contributed by atoms with Gasteiger partial charge in [-0.3, -0.25) is 4.79 Å². The lowest BCUT2D eigenvalue weighted by Crippen LogP contribution is -2.10. The van der Waals surface area contributed by atoms with Crippen LogP contribution in [0, 0.1) is 0 Å². The number of anilines is 4.